The third-order valence-corrected chi connectivity index (χ3v) is 3.18. The van der Waals surface area contributed by atoms with Crippen molar-refractivity contribution in [3.8, 4) is 0 Å². The van der Waals surface area contributed by atoms with Crippen molar-refractivity contribution in [2.75, 3.05) is 19.7 Å². The molecule has 0 bridgehead atoms. The minimum Gasteiger partial charge on any atom is -0.375 e. The van der Waals surface area contributed by atoms with Crippen LogP contribution in [-0.2, 0) is 4.74 Å². The summed E-state index contributed by atoms with van der Waals surface area (Å²) in [4.78, 5) is 14.1. The van der Waals surface area contributed by atoms with E-state index < -0.39 is 0 Å². The Morgan fingerprint density at radius 2 is 2.12 bits per heavy atom. The quantitative estimate of drug-likeness (QED) is 0.784. The Bertz CT molecular complexity index is 386. The van der Waals surface area contributed by atoms with E-state index in [1.807, 2.05) is 36.1 Å². The monoisotopic (exact) mass is 233 g/mol. The van der Waals surface area contributed by atoms with Crippen molar-refractivity contribution in [2.45, 2.75) is 26.4 Å². The van der Waals surface area contributed by atoms with Gasteiger partial charge >= 0.3 is 0 Å². The first-order chi connectivity index (χ1) is 8.20. The molecule has 1 saturated heterocycles. The number of nitrogens with zero attached hydrogens (tertiary/aromatic N) is 1. The SMILES string of the molecule is CCC1CN(C(=O)c2ccc(C)cc2)CCO1. The molecule has 2 rings (SSSR count). The second-order valence-electron chi connectivity index (χ2n) is 4.52. The van der Waals surface area contributed by atoms with E-state index in [4.69, 9.17) is 4.74 Å². The molecule has 0 radical (unpaired) electrons. The highest BCUT2D eigenvalue weighted by molar-refractivity contribution is 5.94. The fourth-order valence-corrected chi connectivity index (χ4v) is 2.03. The molecule has 1 fully saturated rings. The van der Waals surface area contributed by atoms with Crippen molar-refractivity contribution >= 4 is 5.91 Å². The highest BCUT2D eigenvalue weighted by Crippen LogP contribution is 2.13. The van der Waals surface area contributed by atoms with Gasteiger partial charge in [-0.25, -0.2) is 0 Å². The van der Waals surface area contributed by atoms with Crippen LogP contribution in [0.5, 0.6) is 0 Å². The molecule has 92 valence electrons. The zero-order chi connectivity index (χ0) is 12.3. The zero-order valence-electron chi connectivity index (χ0n) is 10.5. The summed E-state index contributed by atoms with van der Waals surface area (Å²) in [6.07, 6.45) is 1.15. The predicted molar refractivity (Wildman–Crippen MR) is 67.1 cm³/mol. The molecule has 1 heterocycles. The van der Waals surface area contributed by atoms with Gasteiger partial charge in [0.1, 0.15) is 0 Å². The summed E-state index contributed by atoms with van der Waals surface area (Å²) in [5.41, 5.74) is 1.95. The predicted octanol–water partition coefficient (Wildman–Crippen LogP) is 2.25. The molecule has 1 aliphatic rings. The van der Waals surface area contributed by atoms with E-state index in [2.05, 4.69) is 6.92 Å². The maximum absolute atomic E-state index is 12.2. The van der Waals surface area contributed by atoms with E-state index in [0.29, 0.717) is 19.7 Å². The van der Waals surface area contributed by atoms with E-state index in [9.17, 15) is 4.79 Å². The standard InChI is InChI=1S/C14H19NO2/c1-3-13-10-15(8-9-17-13)14(16)12-6-4-11(2)5-7-12/h4-7,13H,3,8-10H2,1-2H3. The van der Waals surface area contributed by atoms with Gasteiger partial charge in [-0.3, -0.25) is 4.79 Å². The lowest BCUT2D eigenvalue weighted by atomic mass is 10.1. The molecule has 3 heteroatoms. The lowest BCUT2D eigenvalue weighted by Crippen LogP contribution is -2.45. The van der Waals surface area contributed by atoms with Crippen LogP contribution >= 0.6 is 0 Å². The van der Waals surface area contributed by atoms with Crippen molar-refractivity contribution in [1.29, 1.82) is 0 Å². The Morgan fingerprint density at radius 3 is 2.76 bits per heavy atom. The second-order valence-corrected chi connectivity index (χ2v) is 4.52. The molecule has 1 aliphatic heterocycles. The number of rotatable bonds is 2. The van der Waals surface area contributed by atoms with Crippen molar-refractivity contribution in [2.24, 2.45) is 0 Å². The van der Waals surface area contributed by atoms with E-state index >= 15 is 0 Å². The van der Waals surface area contributed by atoms with Crippen LogP contribution in [0, 0.1) is 6.92 Å². The fraction of sp³-hybridized carbons (Fsp3) is 0.500. The van der Waals surface area contributed by atoms with Gasteiger partial charge in [0.15, 0.2) is 0 Å². The van der Waals surface area contributed by atoms with Gasteiger partial charge in [0.2, 0.25) is 0 Å². The number of ether oxygens (including phenoxy) is 1. The molecule has 0 N–H and O–H groups in total. The summed E-state index contributed by atoms with van der Waals surface area (Å²) in [7, 11) is 0. The highest BCUT2D eigenvalue weighted by Gasteiger charge is 2.23. The van der Waals surface area contributed by atoms with Crippen molar-refractivity contribution in [3.05, 3.63) is 35.4 Å². The third-order valence-electron chi connectivity index (χ3n) is 3.18. The minimum atomic E-state index is 0.117. The van der Waals surface area contributed by atoms with Gasteiger partial charge in [-0.05, 0) is 25.5 Å². The molecular formula is C14H19NO2. The molecule has 1 aromatic rings. The van der Waals surface area contributed by atoms with Crippen molar-refractivity contribution in [3.63, 3.8) is 0 Å². The summed E-state index contributed by atoms with van der Waals surface area (Å²) in [6, 6.07) is 7.75. The lowest BCUT2D eigenvalue weighted by molar-refractivity contribution is -0.0226. The van der Waals surface area contributed by atoms with Gasteiger partial charge in [-0.1, -0.05) is 24.6 Å². The minimum absolute atomic E-state index is 0.117. The Kier molecular flexibility index (Phi) is 3.79. The van der Waals surface area contributed by atoms with E-state index in [0.717, 1.165) is 12.0 Å². The molecule has 3 nitrogen and oxygen atoms in total. The van der Waals surface area contributed by atoms with Gasteiger partial charge in [-0.2, -0.15) is 0 Å². The average Bonchev–Trinajstić information content (AvgIpc) is 2.39. The van der Waals surface area contributed by atoms with Crippen molar-refractivity contribution in [1.82, 2.24) is 4.90 Å². The van der Waals surface area contributed by atoms with Crippen LogP contribution in [-0.4, -0.2) is 36.6 Å². The Labute approximate surface area is 102 Å². The summed E-state index contributed by atoms with van der Waals surface area (Å²) in [5, 5.41) is 0. The molecule has 0 saturated carbocycles. The van der Waals surface area contributed by atoms with Crippen molar-refractivity contribution < 1.29 is 9.53 Å². The van der Waals surface area contributed by atoms with Gasteiger partial charge in [0.05, 0.1) is 12.7 Å². The molecule has 17 heavy (non-hydrogen) atoms. The number of hydrogen-bond donors (Lipinski definition) is 0. The smallest absolute Gasteiger partial charge is 0.254 e. The average molecular weight is 233 g/mol. The molecule has 1 aromatic carbocycles. The number of amides is 1. The van der Waals surface area contributed by atoms with E-state index in [-0.39, 0.29) is 12.0 Å². The lowest BCUT2D eigenvalue weighted by Gasteiger charge is -2.32. The second kappa shape index (κ2) is 5.32. The normalized spacial score (nSPS) is 20.4. The molecule has 1 amide bonds. The van der Waals surface area contributed by atoms with Crippen LogP contribution in [0.25, 0.3) is 0 Å². The topological polar surface area (TPSA) is 29.5 Å². The molecule has 1 unspecified atom stereocenters. The molecule has 0 aromatic heterocycles. The molecule has 0 aliphatic carbocycles. The van der Waals surface area contributed by atoms with Crippen LogP contribution in [0.2, 0.25) is 0 Å². The van der Waals surface area contributed by atoms with Crippen LogP contribution < -0.4 is 0 Å². The molecule has 0 spiro atoms. The van der Waals surface area contributed by atoms with Crippen LogP contribution in [0.15, 0.2) is 24.3 Å². The van der Waals surface area contributed by atoms with Crippen LogP contribution in [0.1, 0.15) is 29.3 Å². The van der Waals surface area contributed by atoms with Crippen LogP contribution in [0.3, 0.4) is 0 Å². The van der Waals surface area contributed by atoms with Crippen LogP contribution in [0.4, 0.5) is 0 Å². The number of benzene rings is 1. The zero-order valence-corrected chi connectivity index (χ0v) is 10.5. The first-order valence-electron chi connectivity index (χ1n) is 6.18. The third kappa shape index (κ3) is 2.86. The largest absolute Gasteiger partial charge is 0.375 e. The van der Waals surface area contributed by atoms with Gasteiger partial charge < -0.3 is 9.64 Å². The summed E-state index contributed by atoms with van der Waals surface area (Å²) in [6.45, 7) is 6.17. The number of carbonyl (C=O) groups is 1. The van der Waals surface area contributed by atoms with Gasteiger partial charge in [0.25, 0.3) is 5.91 Å². The first kappa shape index (κ1) is 12.1. The first-order valence-corrected chi connectivity index (χ1v) is 6.18. The Morgan fingerprint density at radius 1 is 1.41 bits per heavy atom. The Hall–Kier alpha value is -1.35. The van der Waals surface area contributed by atoms with Gasteiger partial charge in [0, 0.05) is 18.7 Å². The molecular weight excluding hydrogens is 214 g/mol. The highest BCUT2D eigenvalue weighted by atomic mass is 16.5. The van der Waals surface area contributed by atoms with E-state index in [1.54, 1.807) is 0 Å². The fourth-order valence-electron chi connectivity index (χ4n) is 2.03. The Balaban J connectivity index is 2.06. The number of hydrogen-bond acceptors (Lipinski definition) is 2. The summed E-state index contributed by atoms with van der Waals surface area (Å²) >= 11 is 0. The van der Waals surface area contributed by atoms with Gasteiger partial charge in [-0.15, -0.1) is 0 Å². The number of aryl methyl sites for hydroxylation is 1. The number of morpholine rings is 1. The maximum atomic E-state index is 12.2. The summed E-state index contributed by atoms with van der Waals surface area (Å²) in [5.74, 6) is 0.117. The molecule has 1 atom stereocenters. The maximum Gasteiger partial charge on any atom is 0.254 e. The summed E-state index contributed by atoms with van der Waals surface area (Å²) < 4.78 is 5.57. The van der Waals surface area contributed by atoms with E-state index in [1.165, 1.54) is 5.56 Å². The number of carbonyl (C=O) groups excluding carboxylic acids is 1.